The summed E-state index contributed by atoms with van der Waals surface area (Å²) in [5, 5.41) is 12.5. The van der Waals surface area contributed by atoms with Crippen LogP contribution in [0.4, 0.5) is 10.1 Å². The Labute approximate surface area is 172 Å². The SMILES string of the molecule is CC(CNc1cnn(C)c(=O)c1Cl)N1CCC(c2noc3cc(F)ccc23)CC1. The minimum Gasteiger partial charge on any atom is -0.381 e. The van der Waals surface area contributed by atoms with Crippen LogP contribution in [0.3, 0.4) is 0 Å². The van der Waals surface area contributed by atoms with Gasteiger partial charge in [-0.25, -0.2) is 9.07 Å². The summed E-state index contributed by atoms with van der Waals surface area (Å²) in [4.78, 5) is 14.3. The van der Waals surface area contributed by atoms with Crippen molar-refractivity contribution in [2.45, 2.75) is 31.7 Å². The number of piperidine rings is 1. The first-order chi connectivity index (χ1) is 13.9. The molecular formula is C20H23ClFN5O2. The van der Waals surface area contributed by atoms with E-state index in [0.29, 0.717) is 23.7 Å². The lowest BCUT2D eigenvalue weighted by Gasteiger charge is -2.35. The van der Waals surface area contributed by atoms with Crippen LogP contribution in [-0.4, -0.2) is 45.5 Å². The van der Waals surface area contributed by atoms with Gasteiger partial charge in [-0.2, -0.15) is 5.10 Å². The van der Waals surface area contributed by atoms with Crippen molar-refractivity contribution in [2.24, 2.45) is 7.05 Å². The zero-order valence-corrected chi connectivity index (χ0v) is 17.1. The summed E-state index contributed by atoms with van der Waals surface area (Å²) < 4.78 is 19.9. The Kier molecular flexibility index (Phi) is 5.56. The van der Waals surface area contributed by atoms with Crippen LogP contribution in [0.5, 0.6) is 0 Å². The Morgan fingerprint density at radius 3 is 2.90 bits per heavy atom. The van der Waals surface area contributed by atoms with Gasteiger partial charge in [0.1, 0.15) is 10.8 Å². The highest BCUT2D eigenvalue weighted by Crippen LogP contribution is 2.33. The third-order valence-corrected chi connectivity index (χ3v) is 6.03. The number of nitrogens with zero attached hydrogens (tertiary/aromatic N) is 4. The lowest BCUT2D eigenvalue weighted by Crippen LogP contribution is -2.43. The highest BCUT2D eigenvalue weighted by atomic mass is 35.5. The standard InChI is InChI=1S/C20H23ClFN5O2/c1-12(10-23-16-11-24-26(2)20(28)18(16)21)27-7-5-13(6-8-27)19-15-4-3-14(22)9-17(15)29-25-19/h3-4,9,11-13,23H,5-8,10H2,1-2H3. The number of likely N-dealkylation sites (tertiary alicyclic amines) is 1. The van der Waals surface area contributed by atoms with E-state index < -0.39 is 0 Å². The molecule has 4 rings (SSSR count). The van der Waals surface area contributed by atoms with E-state index in [1.165, 1.54) is 16.8 Å². The first-order valence-corrected chi connectivity index (χ1v) is 10.1. The summed E-state index contributed by atoms with van der Waals surface area (Å²) in [5.74, 6) is -0.0168. The van der Waals surface area contributed by atoms with Crippen molar-refractivity contribution < 1.29 is 8.91 Å². The molecule has 1 aliphatic heterocycles. The Balaban J connectivity index is 1.35. The molecule has 1 fully saturated rings. The lowest BCUT2D eigenvalue weighted by molar-refractivity contribution is 0.166. The van der Waals surface area contributed by atoms with Gasteiger partial charge in [0.15, 0.2) is 5.58 Å². The first kappa shape index (κ1) is 19.8. The number of nitrogens with one attached hydrogen (secondary N) is 1. The fraction of sp³-hybridized carbons (Fsp3) is 0.450. The van der Waals surface area contributed by atoms with Gasteiger partial charge in [-0.3, -0.25) is 9.69 Å². The van der Waals surface area contributed by atoms with Gasteiger partial charge in [0.25, 0.3) is 5.56 Å². The van der Waals surface area contributed by atoms with Crippen molar-refractivity contribution >= 4 is 28.3 Å². The van der Waals surface area contributed by atoms with Crippen LogP contribution in [0.1, 0.15) is 31.4 Å². The molecule has 29 heavy (non-hydrogen) atoms. The molecule has 1 aromatic carbocycles. The van der Waals surface area contributed by atoms with E-state index in [1.807, 2.05) is 0 Å². The summed E-state index contributed by atoms with van der Waals surface area (Å²) in [6.07, 6.45) is 3.48. The van der Waals surface area contributed by atoms with Gasteiger partial charge < -0.3 is 9.84 Å². The molecule has 3 heterocycles. The lowest BCUT2D eigenvalue weighted by atomic mass is 9.91. The maximum Gasteiger partial charge on any atom is 0.287 e. The molecule has 2 aromatic heterocycles. The van der Waals surface area contributed by atoms with Gasteiger partial charge in [-0.05, 0) is 45.0 Å². The maximum absolute atomic E-state index is 13.4. The zero-order valence-electron chi connectivity index (χ0n) is 16.4. The number of aryl methyl sites for hydroxylation is 1. The molecule has 154 valence electrons. The topological polar surface area (TPSA) is 76.2 Å². The highest BCUT2D eigenvalue weighted by Gasteiger charge is 2.27. The van der Waals surface area contributed by atoms with Gasteiger partial charge in [-0.15, -0.1) is 0 Å². The molecule has 1 atom stereocenters. The van der Waals surface area contributed by atoms with Crippen LogP contribution in [0.25, 0.3) is 11.0 Å². The molecule has 0 saturated carbocycles. The second-order valence-corrected chi connectivity index (χ2v) is 7.93. The van der Waals surface area contributed by atoms with E-state index >= 15 is 0 Å². The van der Waals surface area contributed by atoms with Gasteiger partial charge in [0.2, 0.25) is 0 Å². The molecular weight excluding hydrogens is 397 g/mol. The number of aromatic nitrogens is 3. The first-order valence-electron chi connectivity index (χ1n) is 9.68. The van der Waals surface area contributed by atoms with Crippen LogP contribution in [0.2, 0.25) is 5.02 Å². The summed E-state index contributed by atoms with van der Waals surface area (Å²) in [7, 11) is 1.57. The van der Waals surface area contributed by atoms with Crippen LogP contribution in [0.15, 0.2) is 33.7 Å². The van der Waals surface area contributed by atoms with E-state index in [2.05, 4.69) is 27.4 Å². The van der Waals surface area contributed by atoms with Crippen molar-refractivity contribution in [1.29, 1.82) is 0 Å². The summed E-state index contributed by atoms with van der Waals surface area (Å²) >= 11 is 6.11. The number of hydrogen-bond donors (Lipinski definition) is 1. The fourth-order valence-corrected chi connectivity index (χ4v) is 4.10. The number of rotatable bonds is 5. The number of fused-ring (bicyclic) bond motifs is 1. The predicted molar refractivity (Wildman–Crippen MR) is 110 cm³/mol. The molecule has 0 aliphatic carbocycles. The summed E-state index contributed by atoms with van der Waals surface area (Å²) in [5.41, 5.74) is 1.66. The molecule has 0 radical (unpaired) electrons. The van der Waals surface area contributed by atoms with Crippen LogP contribution < -0.4 is 10.9 Å². The van der Waals surface area contributed by atoms with E-state index in [-0.39, 0.29) is 22.4 Å². The van der Waals surface area contributed by atoms with Gasteiger partial charge in [0, 0.05) is 37.0 Å². The number of hydrogen-bond acceptors (Lipinski definition) is 6. The quantitative estimate of drug-likeness (QED) is 0.683. The fourth-order valence-electron chi connectivity index (χ4n) is 3.86. The minimum atomic E-state index is -0.317. The largest absolute Gasteiger partial charge is 0.381 e. The zero-order chi connectivity index (χ0) is 20.5. The van der Waals surface area contributed by atoms with Gasteiger partial charge >= 0.3 is 0 Å². The number of anilines is 1. The van der Waals surface area contributed by atoms with Gasteiger partial charge in [0.05, 0.1) is 17.6 Å². The predicted octanol–water partition coefficient (Wildman–Crippen LogP) is 3.39. The molecule has 9 heteroatoms. The van der Waals surface area contributed by atoms with Crippen LogP contribution >= 0.6 is 11.6 Å². The highest BCUT2D eigenvalue weighted by molar-refractivity contribution is 6.32. The van der Waals surface area contributed by atoms with Gasteiger partial charge in [-0.1, -0.05) is 16.8 Å². The second kappa shape index (κ2) is 8.12. The van der Waals surface area contributed by atoms with E-state index in [9.17, 15) is 9.18 Å². The summed E-state index contributed by atoms with van der Waals surface area (Å²) in [6, 6.07) is 4.84. The second-order valence-electron chi connectivity index (χ2n) is 7.55. The van der Waals surface area contributed by atoms with E-state index in [0.717, 1.165) is 37.0 Å². The minimum absolute atomic E-state index is 0.155. The maximum atomic E-state index is 13.4. The molecule has 1 saturated heterocycles. The van der Waals surface area contributed by atoms with Crippen molar-refractivity contribution in [3.63, 3.8) is 0 Å². The molecule has 0 amide bonds. The van der Waals surface area contributed by atoms with Crippen LogP contribution in [-0.2, 0) is 7.05 Å². The van der Waals surface area contributed by atoms with Crippen molar-refractivity contribution in [3.05, 3.63) is 51.3 Å². The van der Waals surface area contributed by atoms with Crippen LogP contribution in [0, 0.1) is 5.82 Å². The van der Waals surface area contributed by atoms with E-state index in [1.54, 1.807) is 19.3 Å². The summed E-state index contributed by atoms with van der Waals surface area (Å²) in [6.45, 7) is 4.65. The van der Waals surface area contributed by atoms with Crippen molar-refractivity contribution in [3.8, 4) is 0 Å². The Morgan fingerprint density at radius 1 is 1.38 bits per heavy atom. The molecule has 0 spiro atoms. The molecule has 3 aromatic rings. The normalized spacial score (nSPS) is 17.0. The molecule has 1 N–H and O–H groups in total. The number of benzene rings is 1. The average molecular weight is 420 g/mol. The Morgan fingerprint density at radius 2 is 2.14 bits per heavy atom. The van der Waals surface area contributed by atoms with Crippen molar-refractivity contribution in [2.75, 3.05) is 25.0 Å². The average Bonchev–Trinajstić information content (AvgIpc) is 3.14. The molecule has 1 aliphatic rings. The monoisotopic (exact) mass is 419 g/mol. The molecule has 0 bridgehead atoms. The third kappa shape index (κ3) is 4.00. The Hall–Kier alpha value is -2.45. The van der Waals surface area contributed by atoms with Crippen molar-refractivity contribution in [1.82, 2.24) is 19.8 Å². The van der Waals surface area contributed by atoms with E-state index in [4.69, 9.17) is 16.1 Å². The third-order valence-electron chi connectivity index (χ3n) is 5.67. The Bertz CT molecular complexity index is 1070. The molecule has 7 nitrogen and oxygen atoms in total. The smallest absolute Gasteiger partial charge is 0.287 e. The molecule has 1 unspecified atom stereocenters. The number of halogens is 2.